The first kappa shape index (κ1) is 14.3. The van der Waals surface area contributed by atoms with Crippen molar-refractivity contribution >= 4 is 17.3 Å². The van der Waals surface area contributed by atoms with Crippen LogP contribution in [0.4, 0.5) is 5.69 Å². The van der Waals surface area contributed by atoms with Gasteiger partial charge in [0.25, 0.3) is 0 Å². The number of halogens is 1. The van der Waals surface area contributed by atoms with Crippen molar-refractivity contribution in [2.45, 2.75) is 13.0 Å². The zero-order chi connectivity index (χ0) is 12.8. The van der Waals surface area contributed by atoms with Crippen LogP contribution >= 0.6 is 11.6 Å². The van der Waals surface area contributed by atoms with Crippen LogP contribution in [0.3, 0.4) is 0 Å². The van der Waals surface area contributed by atoms with E-state index >= 15 is 0 Å². The second-order valence-electron chi connectivity index (χ2n) is 4.74. The Hall–Kier alpha value is -0.770. The van der Waals surface area contributed by atoms with E-state index < -0.39 is 0 Å². The Morgan fingerprint density at radius 2 is 1.88 bits per heavy atom. The van der Waals surface area contributed by atoms with E-state index in [-0.39, 0.29) is 0 Å². The van der Waals surface area contributed by atoms with Gasteiger partial charge in [-0.3, -0.25) is 0 Å². The molecule has 0 bridgehead atoms. The molecule has 3 nitrogen and oxygen atoms in total. The molecule has 1 rings (SSSR count). The lowest BCUT2D eigenvalue weighted by molar-refractivity contribution is 0.295. The molecule has 0 aliphatic carbocycles. The highest BCUT2D eigenvalue weighted by atomic mass is 35.5. The lowest BCUT2D eigenvalue weighted by atomic mass is 10.1. The van der Waals surface area contributed by atoms with Crippen LogP contribution in [0.15, 0.2) is 18.2 Å². The molecule has 2 N–H and O–H groups in total. The van der Waals surface area contributed by atoms with E-state index in [9.17, 15) is 0 Å². The van der Waals surface area contributed by atoms with Gasteiger partial charge in [0, 0.05) is 17.3 Å². The molecule has 0 aromatic heterocycles. The highest BCUT2D eigenvalue weighted by Crippen LogP contribution is 2.19. The van der Waals surface area contributed by atoms with Crippen LogP contribution in [0.2, 0.25) is 5.02 Å². The SMILES string of the molecule is CN(C)CCCN(C)Cc1cc(Cl)ccc1N. The van der Waals surface area contributed by atoms with Crippen LogP contribution in [-0.4, -0.2) is 44.0 Å². The Morgan fingerprint density at radius 3 is 2.53 bits per heavy atom. The molecule has 0 aliphatic heterocycles. The van der Waals surface area contributed by atoms with Crippen molar-refractivity contribution in [3.05, 3.63) is 28.8 Å². The van der Waals surface area contributed by atoms with Crippen LogP contribution < -0.4 is 5.73 Å². The average Bonchev–Trinajstić information content (AvgIpc) is 2.23. The summed E-state index contributed by atoms with van der Waals surface area (Å²) in [7, 11) is 6.29. The van der Waals surface area contributed by atoms with Crippen molar-refractivity contribution in [1.82, 2.24) is 9.80 Å². The number of benzene rings is 1. The van der Waals surface area contributed by atoms with Gasteiger partial charge in [-0.05, 0) is 64.4 Å². The summed E-state index contributed by atoms with van der Waals surface area (Å²) in [6.45, 7) is 3.01. The fourth-order valence-electron chi connectivity index (χ4n) is 1.74. The van der Waals surface area contributed by atoms with Gasteiger partial charge < -0.3 is 15.5 Å². The highest BCUT2D eigenvalue weighted by molar-refractivity contribution is 6.30. The summed E-state index contributed by atoms with van der Waals surface area (Å²) >= 11 is 5.97. The standard InChI is InChI=1S/C13H22ClN3/c1-16(2)7-4-8-17(3)10-11-9-12(14)5-6-13(11)15/h5-6,9H,4,7-8,10,15H2,1-3H3. The zero-order valence-electron chi connectivity index (χ0n) is 10.9. The zero-order valence-corrected chi connectivity index (χ0v) is 11.7. The van der Waals surface area contributed by atoms with Crippen LogP contribution in [0.25, 0.3) is 0 Å². The van der Waals surface area contributed by atoms with Crippen molar-refractivity contribution in [3.8, 4) is 0 Å². The number of hydrogen-bond acceptors (Lipinski definition) is 3. The number of anilines is 1. The van der Waals surface area contributed by atoms with Crippen molar-refractivity contribution in [2.75, 3.05) is 40.0 Å². The van der Waals surface area contributed by atoms with E-state index in [0.717, 1.165) is 42.3 Å². The summed E-state index contributed by atoms with van der Waals surface area (Å²) in [6, 6.07) is 5.64. The van der Waals surface area contributed by atoms with Crippen molar-refractivity contribution in [1.29, 1.82) is 0 Å². The number of nitrogens with two attached hydrogens (primary N) is 1. The van der Waals surface area contributed by atoms with Gasteiger partial charge in [-0.25, -0.2) is 0 Å². The molecule has 0 aliphatic rings. The highest BCUT2D eigenvalue weighted by Gasteiger charge is 2.04. The molecule has 0 unspecified atom stereocenters. The molecule has 0 heterocycles. The number of hydrogen-bond donors (Lipinski definition) is 1. The Bertz CT molecular complexity index is 353. The second kappa shape index (κ2) is 6.84. The van der Waals surface area contributed by atoms with Gasteiger partial charge in [0.15, 0.2) is 0 Å². The molecule has 1 aromatic rings. The topological polar surface area (TPSA) is 32.5 Å². The lowest BCUT2D eigenvalue weighted by Gasteiger charge is -2.19. The van der Waals surface area contributed by atoms with Gasteiger partial charge in [0.05, 0.1) is 0 Å². The van der Waals surface area contributed by atoms with E-state index in [1.807, 2.05) is 18.2 Å². The first-order valence-corrected chi connectivity index (χ1v) is 6.24. The molecule has 0 spiro atoms. The van der Waals surface area contributed by atoms with Crippen molar-refractivity contribution in [3.63, 3.8) is 0 Å². The molecule has 0 amide bonds. The van der Waals surface area contributed by atoms with E-state index in [4.69, 9.17) is 17.3 Å². The first-order valence-electron chi connectivity index (χ1n) is 5.86. The summed E-state index contributed by atoms with van der Waals surface area (Å²) in [5, 5.41) is 0.746. The minimum Gasteiger partial charge on any atom is -0.398 e. The van der Waals surface area contributed by atoms with E-state index in [0.29, 0.717) is 0 Å². The largest absolute Gasteiger partial charge is 0.398 e. The number of rotatable bonds is 6. The van der Waals surface area contributed by atoms with Gasteiger partial charge in [0.1, 0.15) is 0 Å². The summed E-state index contributed by atoms with van der Waals surface area (Å²) < 4.78 is 0. The van der Waals surface area contributed by atoms with Crippen LogP contribution in [-0.2, 0) is 6.54 Å². The second-order valence-corrected chi connectivity index (χ2v) is 5.17. The smallest absolute Gasteiger partial charge is 0.0410 e. The molecule has 17 heavy (non-hydrogen) atoms. The molecular weight excluding hydrogens is 234 g/mol. The summed E-state index contributed by atoms with van der Waals surface area (Å²) in [6.07, 6.45) is 1.16. The third-order valence-corrected chi connectivity index (χ3v) is 2.93. The fourth-order valence-corrected chi connectivity index (χ4v) is 1.93. The third kappa shape index (κ3) is 5.39. The maximum atomic E-state index is 5.97. The number of nitrogen functional groups attached to an aromatic ring is 1. The number of nitrogens with zero attached hydrogens (tertiary/aromatic N) is 2. The maximum Gasteiger partial charge on any atom is 0.0410 e. The van der Waals surface area contributed by atoms with Crippen molar-refractivity contribution in [2.24, 2.45) is 0 Å². The van der Waals surface area contributed by atoms with Gasteiger partial charge in [0.2, 0.25) is 0 Å². The average molecular weight is 256 g/mol. The monoisotopic (exact) mass is 255 g/mol. The predicted molar refractivity (Wildman–Crippen MR) is 75.4 cm³/mol. The molecule has 0 atom stereocenters. The maximum absolute atomic E-state index is 5.97. The van der Waals surface area contributed by atoms with Gasteiger partial charge in [-0.1, -0.05) is 11.6 Å². The van der Waals surface area contributed by atoms with Gasteiger partial charge in [-0.15, -0.1) is 0 Å². The Kier molecular flexibility index (Phi) is 5.75. The van der Waals surface area contributed by atoms with Crippen LogP contribution in [0.5, 0.6) is 0 Å². The van der Waals surface area contributed by atoms with Crippen LogP contribution in [0, 0.1) is 0 Å². The molecule has 0 radical (unpaired) electrons. The Balaban J connectivity index is 2.44. The molecule has 96 valence electrons. The molecule has 1 aromatic carbocycles. The summed E-state index contributed by atoms with van der Waals surface area (Å²) in [4.78, 5) is 4.47. The Morgan fingerprint density at radius 1 is 1.18 bits per heavy atom. The fraction of sp³-hybridized carbons (Fsp3) is 0.538. The lowest BCUT2D eigenvalue weighted by Crippen LogP contribution is -2.23. The third-order valence-electron chi connectivity index (χ3n) is 2.69. The molecule has 0 saturated carbocycles. The van der Waals surface area contributed by atoms with Crippen LogP contribution in [0.1, 0.15) is 12.0 Å². The summed E-state index contributed by atoms with van der Waals surface area (Å²) in [5.74, 6) is 0. The molecule has 0 fully saturated rings. The van der Waals surface area contributed by atoms with Crippen molar-refractivity contribution < 1.29 is 0 Å². The first-order chi connectivity index (χ1) is 7.99. The van der Waals surface area contributed by atoms with E-state index in [2.05, 4.69) is 30.9 Å². The Labute approximate surface area is 109 Å². The quantitative estimate of drug-likeness (QED) is 0.792. The van der Waals surface area contributed by atoms with Gasteiger partial charge >= 0.3 is 0 Å². The molecule has 0 saturated heterocycles. The van der Waals surface area contributed by atoms with Gasteiger partial charge in [-0.2, -0.15) is 0 Å². The normalized spacial score (nSPS) is 11.4. The van der Waals surface area contributed by atoms with E-state index in [1.54, 1.807) is 0 Å². The minimum atomic E-state index is 0.746. The molecule has 4 heteroatoms. The minimum absolute atomic E-state index is 0.746. The summed E-state index contributed by atoms with van der Waals surface area (Å²) in [5.41, 5.74) is 7.84. The molecular formula is C13H22ClN3. The predicted octanol–water partition coefficient (Wildman–Crippen LogP) is 2.31. The van der Waals surface area contributed by atoms with E-state index in [1.165, 1.54) is 0 Å².